The van der Waals surface area contributed by atoms with E-state index in [1.54, 1.807) is 0 Å². The predicted molar refractivity (Wildman–Crippen MR) is 73.5 cm³/mol. The Morgan fingerprint density at radius 2 is 2.11 bits per heavy atom. The molecule has 4 nitrogen and oxygen atoms in total. The molecule has 1 aromatic carbocycles. The van der Waals surface area contributed by atoms with Crippen LogP contribution in [0.15, 0.2) is 30.5 Å². The van der Waals surface area contributed by atoms with Crippen LogP contribution in [0.3, 0.4) is 0 Å². The van der Waals surface area contributed by atoms with E-state index in [-0.39, 0.29) is 6.04 Å². The van der Waals surface area contributed by atoms with Crippen molar-refractivity contribution in [1.29, 1.82) is 0 Å². The van der Waals surface area contributed by atoms with Crippen molar-refractivity contribution >= 4 is 16.9 Å². The largest absolute Gasteiger partial charge is 0.355 e. The fraction of sp³-hybridized carbons (Fsp3) is 0.429. The average molecular weight is 242 g/mol. The van der Waals surface area contributed by atoms with Crippen molar-refractivity contribution in [2.45, 2.75) is 19.4 Å². The standard InChI is InChI=1S/C14H18N4/c1-10(15)11-6-7-18(9-11)14-8-16-12-4-2-3-5-13(12)17-14/h2-5,8,10-11H,6-7,9,15H2,1H3. The summed E-state index contributed by atoms with van der Waals surface area (Å²) in [6, 6.07) is 8.23. The molecule has 1 fully saturated rings. The molecular formula is C14H18N4. The topological polar surface area (TPSA) is 55.0 Å². The maximum absolute atomic E-state index is 5.97. The molecule has 2 unspecified atom stereocenters. The van der Waals surface area contributed by atoms with Crippen LogP contribution in [0.2, 0.25) is 0 Å². The number of nitrogens with two attached hydrogens (primary N) is 1. The summed E-state index contributed by atoms with van der Waals surface area (Å²) in [6.07, 6.45) is 3.01. The number of hydrogen-bond donors (Lipinski definition) is 1. The molecule has 0 radical (unpaired) electrons. The van der Waals surface area contributed by atoms with Gasteiger partial charge in [0.05, 0.1) is 17.2 Å². The average Bonchev–Trinajstić information content (AvgIpc) is 2.88. The maximum Gasteiger partial charge on any atom is 0.147 e. The van der Waals surface area contributed by atoms with Gasteiger partial charge in [0.1, 0.15) is 5.82 Å². The van der Waals surface area contributed by atoms with Crippen LogP contribution in [0, 0.1) is 5.92 Å². The Hall–Kier alpha value is -1.68. The quantitative estimate of drug-likeness (QED) is 0.872. The molecule has 4 heteroatoms. The summed E-state index contributed by atoms with van der Waals surface area (Å²) in [5.41, 5.74) is 7.87. The van der Waals surface area contributed by atoms with E-state index in [4.69, 9.17) is 5.73 Å². The Labute approximate surface area is 107 Å². The third kappa shape index (κ3) is 2.04. The second-order valence-corrected chi connectivity index (χ2v) is 5.07. The Morgan fingerprint density at radius 1 is 1.33 bits per heavy atom. The zero-order chi connectivity index (χ0) is 12.5. The Bertz CT molecular complexity index is 552. The van der Waals surface area contributed by atoms with Gasteiger partial charge in [-0.15, -0.1) is 0 Å². The van der Waals surface area contributed by atoms with Gasteiger partial charge in [-0.2, -0.15) is 0 Å². The summed E-state index contributed by atoms with van der Waals surface area (Å²) in [7, 11) is 0. The van der Waals surface area contributed by atoms with Crippen LogP contribution in [0.1, 0.15) is 13.3 Å². The Morgan fingerprint density at radius 3 is 2.83 bits per heavy atom. The van der Waals surface area contributed by atoms with Crippen molar-refractivity contribution in [3.05, 3.63) is 30.5 Å². The fourth-order valence-corrected chi connectivity index (χ4v) is 2.52. The van der Waals surface area contributed by atoms with E-state index in [0.29, 0.717) is 5.92 Å². The molecule has 1 aliphatic rings. The van der Waals surface area contributed by atoms with Crippen molar-refractivity contribution in [2.24, 2.45) is 11.7 Å². The minimum absolute atomic E-state index is 0.253. The molecule has 3 rings (SSSR count). The summed E-state index contributed by atoms with van der Waals surface area (Å²) in [5.74, 6) is 1.54. The van der Waals surface area contributed by atoms with Gasteiger partial charge in [0.15, 0.2) is 0 Å². The van der Waals surface area contributed by atoms with Gasteiger partial charge < -0.3 is 10.6 Å². The minimum atomic E-state index is 0.253. The number of anilines is 1. The van der Waals surface area contributed by atoms with E-state index in [2.05, 4.69) is 21.8 Å². The summed E-state index contributed by atoms with van der Waals surface area (Å²) in [4.78, 5) is 11.4. The molecule has 0 spiro atoms. The van der Waals surface area contributed by atoms with Gasteiger partial charge in [0.25, 0.3) is 0 Å². The molecule has 1 aliphatic heterocycles. The molecule has 18 heavy (non-hydrogen) atoms. The maximum atomic E-state index is 5.97. The van der Waals surface area contributed by atoms with Gasteiger partial charge in [0.2, 0.25) is 0 Å². The van der Waals surface area contributed by atoms with Crippen LogP contribution in [0.4, 0.5) is 5.82 Å². The number of fused-ring (bicyclic) bond motifs is 1. The van der Waals surface area contributed by atoms with Crippen LogP contribution >= 0.6 is 0 Å². The van der Waals surface area contributed by atoms with Crippen LogP contribution in [-0.4, -0.2) is 29.1 Å². The summed E-state index contributed by atoms with van der Waals surface area (Å²) >= 11 is 0. The third-order valence-electron chi connectivity index (χ3n) is 3.73. The zero-order valence-electron chi connectivity index (χ0n) is 10.6. The Balaban J connectivity index is 1.87. The first-order valence-electron chi connectivity index (χ1n) is 6.46. The minimum Gasteiger partial charge on any atom is -0.355 e. The lowest BCUT2D eigenvalue weighted by molar-refractivity contribution is 0.488. The van der Waals surface area contributed by atoms with Crippen molar-refractivity contribution < 1.29 is 0 Å². The molecular weight excluding hydrogens is 224 g/mol. The predicted octanol–water partition coefficient (Wildman–Crippen LogP) is 1.80. The first-order chi connectivity index (χ1) is 8.74. The molecule has 0 bridgehead atoms. The number of rotatable bonds is 2. The summed E-state index contributed by atoms with van der Waals surface area (Å²) in [5, 5.41) is 0. The van der Waals surface area contributed by atoms with Crippen molar-refractivity contribution in [1.82, 2.24) is 9.97 Å². The van der Waals surface area contributed by atoms with Gasteiger partial charge >= 0.3 is 0 Å². The third-order valence-corrected chi connectivity index (χ3v) is 3.73. The normalized spacial score (nSPS) is 21.4. The van der Waals surface area contributed by atoms with E-state index in [0.717, 1.165) is 36.4 Å². The van der Waals surface area contributed by atoms with Gasteiger partial charge in [-0.25, -0.2) is 4.98 Å². The van der Waals surface area contributed by atoms with E-state index in [9.17, 15) is 0 Å². The molecule has 1 saturated heterocycles. The highest BCUT2D eigenvalue weighted by Gasteiger charge is 2.26. The van der Waals surface area contributed by atoms with Crippen LogP contribution in [0.25, 0.3) is 11.0 Å². The Kier molecular flexibility index (Phi) is 2.88. The van der Waals surface area contributed by atoms with Gasteiger partial charge in [0, 0.05) is 19.1 Å². The second kappa shape index (κ2) is 4.53. The van der Waals surface area contributed by atoms with E-state index < -0.39 is 0 Å². The van der Waals surface area contributed by atoms with Crippen molar-refractivity contribution in [3.63, 3.8) is 0 Å². The van der Waals surface area contributed by atoms with E-state index >= 15 is 0 Å². The zero-order valence-corrected chi connectivity index (χ0v) is 10.6. The lowest BCUT2D eigenvalue weighted by Gasteiger charge is -2.18. The highest BCUT2D eigenvalue weighted by atomic mass is 15.2. The SMILES string of the molecule is CC(N)C1CCN(c2cnc3ccccc3n2)C1. The first-order valence-corrected chi connectivity index (χ1v) is 6.46. The smallest absolute Gasteiger partial charge is 0.147 e. The monoisotopic (exact) mass is 242 g/mol. The lowest BCUT2D eigenvalue weighted by atomic mass is 10.0. The molecule has 2 aromatic rings. The molecule has 94 valence electrons. The van der Waals surface area contributed by atoms with Crippen LogP contribution < -0.4 is 10.6 Å². The highest BCUT2D eigenvalue weighted by molar-refractivity contribution is 5.75. The number of para-hydroxylation sites is 2. The van der Waals surface area contributed by atoms with Gasteiger partial charge in [-0.1, -0.05) is 12.1 Å². The molecule has 1 aromatic heterocycles. The molecule has 2 atom stereocenters. The number of hydrogen-bond acceptors (Lipinski definition) is 4. The van der Waals surface area contributed by atoms with Crippen LogP contribution in [-0.2, 0) is 0 Å². The van der Waals surface area contributed by atoms with E-state index in [1.807, 2.05) is 30.5 Å². The van der Waals surface area contributed by atoms with Crippen molar-refractivity contribution in [3.8, 4) is 0 Å². The summed E-state index contributed by atoms with van der Waals surface area (Å²) < 4.78 is 0. The molecule has 2 N–H and O–H groups in total. The first kappa shape index (κ1) is 11.4. The van der Waals surface area contributed by atoms with E-state index in [1.165, 1.54) is 0 Å². The fourth-order valence-electron chi connectivity index (χ4n) is 2.52. The lowest BCUT2D eigenvalue weighted by Crippen LogP contribution is -2.30. The summed E-state index contributed by atoms with van der Waals surface area (Å²) in [6.45, 7) is 4.10. The van der Waals surface area contributed by atoms with Crippen LogP contribution in [0.5, 0.6) is 0 Å². The molecule has 2 heterocycles. The van der Waals surface area contributed by atoms with Crippen molar-refractivity contribution in [2.75, 3.05) is 18.0 Å². The number of aromatic nitrogens is 2. The highest BCUT2D eigenvalue weighted by Crippen LogP contribution is 2.24. The molecule has 0 saturated carbocycles. The number of nitrogens with zero attached hydrogens (tertiary/aromatic N) is 3. The second-order valence-electron chi connectivity index (χ2n) is 5.07. The van der Waals surface area contributed by atoms with Gasteiger partial charge in [-0.05, 0) is 31.4 Å². The molecule has 0 aliphatic carbocycles. The van der Waals surface area contributed by atoms with Gasteiger partial charge in [-0.3, -0.25) is 4.98 Å². The number of benzene rings is 1. The molecule has 0 amide bonds.